The van der Waals surface area contributed by atoms with Crippen LogP contribution in [0, 0.1) is 11.3 Å². The predicted molar refractivity (Wildman–Crippen MR) is 109 cm³/mol. The highest BCUT2D eigenvalue weighted by molar-refractivity contribution is 5.97. The van der Waals surface area contributed by atoms with Crippen LogP contribution >= 0.6 is 0 Å². The minimum Gasteiger partial charge on any atom is -0.507 e. The lowest BCUT2D eigenvalue weighted by atomic mass is 9.97. The molecule has 8 nitrogen and oxygen atoms in total. The molecule has 3 aromatic rings. The van der Waals surface area contributed by atoms with E-state index in [4.69, 9.17) is 10.00 Å². The van der Waals surface area contributed by atoms with Crippen molar-refractivity contribution >= 4 is 5.78 Å². The summed E-state index contributed by atoms with van der Waals surface area (Å²) in [6.07, 6.45) is 2.03. The number of tetrazole rings is 1. The Morgan fingerprint density at radius 3 is 2.67 bits per heavy atom. The molecule has 0 bridgehead atoms. The number of carbonyl (C=O) groups is 1. The Balaban J connectivity index is 1.66. The van der Waals surface area contributed by atoms with Gasteiger partial charge in [-0.1, -0.05) is 31.5 Å². The van der Waals surface area contributed by atoms with Crippen LogP contribution in [0.25, 0.3) is 0 Å². The van der Waals surface area contributed by atoms with Gasteiger partial charge in [-0.25, -0.2) is 0 Å². The molecular formula is C22H23N5O3. The fraction of sp³-hybridized carbons (Fsp3) is 0.318. The van der Waals surface area contributed by atoms with Crippen molar-refractivity contribution in [2.24, 2.45) is 0 Å². The minimum atomic E-state index is -0.157. The molecule has 0 aliphatic rings. The Morgan fingerprint density at radius 1 is 1.23 bits per heavy atom. The molecule has 0 aliphatic heterocycles. The molecule has 154 valence electrons. The summed E-state index contributed by atoms with van der Waals surface area (Å²) in [5.74, 6) is 1.13. The van der Waals surface area contributed by atoms with Crippen LogP contribution < -0.4 is 4.74 Å². The van der Waals surface area contributed by atoms with Gasteiger partial charge < -0.3 is 9.84 Å². The van der Waals surface area contributed by atoms with Crippen LogP contribution in [0.1, 0.15) is 53.1 Å². The van der Waals surface area contributed by atoms with E-state index in [9.17, 15) is 9.90 Å². The minimum absolute atomic E-state index is 0.0535. The SMILES string of the molecule is CCCc1c(COc2ccc(Cc3nnn(CC#N)n3)cc2)ccc(C(C)=O)c1O. The number of aromatic hydroxyl groups is 1. The van der Waals surface area contributed by atoms with Gasteiger partial charge in [0.15, 0.2) is 11.6 Å². The van der Waals surface area contributed by atoms with Gasteiger partial charge in [-0.2, -0.15) is 5.26 Å². The van der Waals surface area contributed by atoms with Gasteiger partial charge in [0.2, 0.25) is 0 Å². The highest BCUT2D eigenvalue weighted by atomic mass is 16.5. The largest absolute Gasteiger partial charge is 0.507 e. The lowest BCUT2D eigenvalue weighted by Gasteiger charge is -2.14. The van der Waals surface area contributed by atoms with E-state index in [0.29, 0.717) is 36.6 Å². The van der Waals surface area contributed by atoms with Crippen LogP contribution in [0.3, 0.4) is 0 Å². The molecule has 1 N–H and O–H groups in total. The number of ether oxygens (including phenoxy) is 1. The molecule has 0 amide bonds. The first-order chi connectivity index (χ1) is 14.5. The summed E-state index contributed by atoms with van der Waals surface area (Å²) >= 11 is 0. The summed E-state index contributed by atoms with van der Waals surface area (Å²) in [6, 6.07) is 13.0. The molecular weight excluding hydrogens is 382 g/mol. The molecule has 1 aromatic heterocycles. The summed E-state index contributed by atoms with van der Waals surface area (Å²) in [4.78, 5) is 12.9. The number of Topliss-reactive ketones (excluding diaryl/α,β-unsaturated/α-hetero) is 1. The second-order valence-electron chi connectivity index (χ2n) is 6.91. The normalized spacial score (nSPS) is 10.6. The van der Waals surface area contributed by atoms with Gasteiger partial charge in [0.25, 0.3) is 0 Å². The number of benzene rings is 2. The number of carbonyl (C=O) groups excluding carboxylic acids is 1. The van der Waals surface area contributed by atoms with Crippen molar-refractivity contribution in [2.75, 3.05) is 0 Å². The average molecular weight is 405 g/mol. The topological polar surface area (TPSA) is 114 Å². The average Bonchev–Trinajstić information content (AvgIpc) is 3.16. The molecule has 0 atom stereocenters. The van der Waals surface area contributed by atoms with E-state index < -0.39 is 0 Å². The number of hydrogen-bond donors (Lipinski definition) is 1. The summed E-state index contributed by atoms with van der Waals surface area (Å²) in [6.45, 7) is 3.84. The van der Waals surface area contributed by atoms with Crippen LogP contribution in [0.4, 0.5) is 0 Å². The number of rotatable bonds is 9. The van der Waals surface area contributed by atoms with Crippen LogP contribution in [-0.4, -0.2) is 31.1 Å². The van der Waals surface area contributed by atoms with Gasteiger partial charge in [0.1, 0.15) is 24.7 Å². The molecule has 1 heterocycles. The second-order valence-corrected chi connectivity index (χ2v) is 6.91. The van der Waals surface area contributed by atoms with Crippen LogP contribution in [0.15, 0.2) is 36.4 Å². The van der Waals surface area contributed by atoms with Crippen molar-refractivity contribution in [1.29, 1.82) is 5.26 Å². The van der Waals surface area contributed by atoms with Gasteiger partial charge in [-0.3, -0.25) is 4.79 Å². The summed E-state index contributed by atoms with van der Waals surface area (Å²) in [5.41, 5.74) is 2.95. The van der Waals surface area contributed by atoms with Crippen LogP contribution in [-0.2, 0) is 26.0 Å². The lowest BCUT2D eigenvalue weighted by molar-refractivity contribution is 0.101. The zero-order valence-electron chi connectivity index (χ0n) is 17.0. The monoisotopic (exact) mass is 405 g/mol. The first-order valence-corrected chi connectivity index (χ1v) is 9.71. The summed E-state index contributed by atoms with van der Waals surface area (Å²) < 4.78 is 5.90. The zero-order valence-corrected chi connectivity index (χ0v) is 17.0. The van der Waals surface area contributed by atoms with Gasteiger partial charge in [0.05, 0.1) is 11.6 Å². The molecule has 8 heteroatoms. The highest BCUT2D eigenvalue weighted by Crippen LogP contribution is 2.29. The molecule has 0 unspecified atom stereocenters. The Morgan fingerprint density at radius 2 is 2.00 bits per heavy atom. The first kappa shape index (κ1) is 21.0. The molecule has 30 heavy (non-hydrogen) atoms. The predicted octanol–water partition coefficient (Wildman–Crippen LogP) is 3.23. The Kier molecular flexibility index (Phi) is 6.75. The van der Waals surface area contributed by atoms with E-state index in [-0.39, 0.29) is 18.1 Å². The van der Waals surface area contributed by atoms with Gasteiger partial charge in [-0.05, 0) is 47.9 Å². The second kappa shape index (κ2) is 9.65. The molecule has 3 rings (SSSR count). The quantitative estimate of drug-likeness (QED) is 0.544. The summed E-state index contributed by atoms with van der Waals surface area (Å²) in [5, 5.41) is 31.0. The van der Waals surface area contributed by atoms with Gasteiger partial charge in [-0.15, -0.1) is 15.0 Å². The molecule has 0 radical (unpaired) electrons. The van der Waals surface area contributed by atoms with Crippen molar-refractivity contribution < 1.29 is 14.6 Å². The lowest BCUT2D eigenvalue weighted by Crippen LogP contribution is -2.04. The van der Waals surface area contributed by atoms with Crippen molar-refractivity contribution in [3.05, 3.63) is 64.5 Å². The first-order valence-electron chi connectivity index (χ1n) is 9.71. The third-order valence-corrected chi connectivity index (χ3v) is 4.65. The third-order valence-electron chi connectivity index (χ3n) is 4.65. The maximum atomic E-state index is 11.7. The Hall–Kier alpha value is -3.73. The number of nitrogens with zero attached hydrogens (tertiary/aromatic N) is 5. The van der Waals surface area contributed by atoms with Crippen LogP contribution in [0.5, 0.6) is 11.5 Å². The van der Waals surface area contributed by atoms with Crippen LogP contribution in [0.2, 0.25) is 0 Å². The van der Waals surface area contributed by atoms with Crippen molar-refractivity contribution in [3.8, 4) is 17.6 Å². The third kappa shape index (κ3) is 5.00. The van der Waals surface area contributed by atoms with E-state index in [1.54, 1.807) is 6.07 Å². The fourth-order valence-electron chi connectivity index (χ4n) is 3.15. The number of hydrogen-bond acceptors (Lipinski definition) is 7. The van der Waals surface area contributed by atoms with E-state index in [2.05, 4.69) is 15.4 Å². The fourth-order valence-corrected chi connectivity index (χ4v) is 3.15. The molecule has 0 saturated heterocycles. The highest BCUT2D eigenvalue weighted by Gasteiger charge is 2.15. The number of aromatic nitrogens is 4. The molecule has 0 aliphatic carbocycles. The van der Waals surface area contributed by atoms with E-state index >= 15 is 0 Å². The van der Waals surface area contributed by atoms with E-state index in [1.807, 2.05) is 43.3 Å². The van der Waals surface area contributed by atoms with E-state index in [1.165, 1.54) is 11.7 Å². The van der Waals surface area contributed by atoms with Gasteiger partial charge in [0, 0.05) is 12.0 Å². The number of ketones is 1. The molecule has 2 aromatic carbocycles. The molecule has 0 fully saturated rings. The van der Waals surface area contributed by atoms with Crippen molar-refractivity contribution in [2.45, 2.75) is 46.3 Å². The van der Waals surface area contributed by atoms with Crippen molar-refractivity contribution in [1.82, 2.24) is 20.2 Å². The number of nitriles is 1. The maximum absolute atomic E-state index is 11.7. The maximum Gasteiger partial charge on any atom is 0.179 e. The van der Waals surface area contributed by atoms with Crippen molar-refractivity contribution in [3.63, 3.8) is 0 Å². The standard InChI is InChI=1S/C22H23N5O3/c1-3-4-20-17(7-10-19(15(2)28)22(20)29)14-30-18-8-5-16(6-9-18)13-21-24-26-27(25-21)12-11-23/h5-10,29H,3-4,12-14H2,1-2H3. The number of phenolic OH excluding ortho intramolecular Hbond substituents is 1. The Bertz CT molecular complexity index is 1070. The zero-order chi connectivity index (χ0) is 21.5. The molecule has 0 spiro atoms. The Labute approximate surface area is 174 Å². The smallest absolute Gasteiger partial charge is 0.179 e. The molecule has 0 saturated carbocycles. The van der Waals surface area contributed by atoms with E-state index in [0.717, 1.165) is 23.1 Å². The number of phenols is 1. The van der Waals surface area contributed by atoms with Gasteiger partial charge >= 0.3 is 0 Å². The summed E-state index contributed by atoms with van der Waals surface area (Å²) in [7, 11) is 0.